The van der Waals surface area contributed by atoms with Gasteiger partial charge in [0, 0.05) is 0 Å². The van der Waals surface area contributed by atoms with Crippen LogP contribution in [0, 0.1) is 0 Å². The predicted molar refractivity (Wildman–Crippen MR) is 40.3 cm³/mol. The standard InChI is InChI=1S/C7H10N2O3/c1-7(2,11)6-9-4(3-12-6)5(8)10/h3,11H,1-2H3,(H2,8,10). The molecule has 0 saturated heterocycles. The van der Waals surface area contributed by atoms with Crippen molar-refractivity contribution in [2.75, 3.05) is 0 Å². The first-order chi connectivity index (χ1) is 5.41. The minimum atomic E-state index is -1.19. The maximum absolute atomic E-state index is 10.6. The Balaban J connectivity index is 3.00. The molecule has 1 aromatic rings. The zero-order valence-corrected chi connectivity index (χ0v) is 6.87. The van der Waals surface area contributed by atoms with E-state index in [0.29, 0.717) is 0 Å². The molecule has 1 amide bonds. The Morgan fingerprint density at radius 1 is 1.75 bits per heavy atom. The second-order valence-corrected chi connectivity index (χ2v) is 2.96. The fraction of sp³-hybridized carbons (Fsp3) is 0.429. The number of aliphatic hydroxyl groups is 1. The molecule has 0 bridgehead atoms. The van der Waals surface area contributed by atoms with Crippen molar-refractivity contribution < 1.29 is 14.3 Å². The highest BCUT2D eigenvalue weighted by molar-refractivity contribution is 5.90. The molecule has 0 unspecified atom stereocenters. The molecule has 1 heterocycles. The molecule has 0 saturated carbocycles. The first kappa shape index (κ1) is 8.73. The van der Waals surface area contributed by atoms with Gasteiger partial charge in [-0.15, -0.1) is 0 Å². The minimum Gasteiger partial charge on any atom is -0.445 e. The monoisotopic (exact) mass is 170 g/mol. The van der Waals surface area contributed by atoms with Gasteiger partial charge in [-0.3, -0.25) is 4.79 Å². The second kappa shape index (κ2) is 2.60. The fourth-order valence-electron chi connectivity index (χ4n) is 0.668. The summed E-state index contributed by atoms with van der Waals surface area (Å²) in [4.78, 5) is 14.2. The smallest absolute Gasteiger partial charge is 0.270 e. The van der Waals surface area contributed by atoms with Gasteiger partial charge in [0.25, 0.3) is 5.91 Å². The fourth-order valence-corrected chi connectivity index (χ4v) is 0.668. The van der Waals surface area contributed by atoms with Gasteiger partial charge < -0.3 is 15.3 Å². The van der Waals surface area contributed by atoms with Gasteiger partial charge in [-0.05, 0) is 13.8 Å². The number of carbonyl (C=O) groups is 1. The summed E-state index contributed by atoms with van der Waals surface area (Å²) in [6.45, 7) is 3.01. The number of nitrogens with two attached hydrogens (primary N) is 1. The Bertz CT molecular complexity index is 298. The van der Waals surface area contributed by atoms with Crippen LogP contribution in [0.15, 0.2) is 10.7 Å². The van der Waals surface area contributed by atoms with E-state index in [0.717, 1.165) is 6.26 Å². The number of aromatic nitrogens is 1. The van der Waals surface area contributed by atoms with Crippen molar-refractivity contribution in [1.29, 1.82) is 0 Å². The lowest BCUT2D eigenvalue weighted by Gasteiger charge is -2.10. The number of nitrogens with zero attached hydrogens (tertiary/aromatic N) is 1. The second-order valence-electron chi connectivity index (χ2n) is 2.96. The van der Waals surface area contributed by atoms with Gasteiger partial charge in [0.2, 0.25) is 5.89 Å². The summed E-state index contributed by atoms with van der Waals surface area (Å²) in [5.41, 5.74) is 3.76. The van der Waals surface area contributed by atoms with Crippen LogP contribution in [-0.2, 0) is 5.60 Å². The summed E-state index contributed by atoms with van der Waals surface area (Å²) < 4.78 is 4.83. The maximum atomic E-state index is 10.6. The number of hydrogen-bond acceptors (Lipinski definition) is 4. The third-order valence-corrected chi connectivity index (χ3v) is 1.28. The zero-order chi connectivity index (χ0) is 9.35. The van der Waals surface area contributed by atoms with E-state index in [4.69, 9.17) is 10.2 Å². The highest BCUT2D eigenvalue weighted by Crippen LogP contribution is 2.17. The molecule has 0 atom stereocenters. The van der Waals surface area contributed by atoms with Crippen LogP contribution in [0.5, 0.6) is 0 Å². The largest absolute Gasteiger partial charge is 0.445 e. The number of carbonyl (C=O) groups excluding carboxylic acids is 1. The molecule has 0 fully saturated rings. The van der Waals surface area contributed by atoms with Gasteiger partial charge in [0.05, 0.1) is 0 Å². The number of hydrogen-bond donors (Lipinski definition) is 2. The molecular weight excluding hydrogens is 160 g/mol. The third kappa shape index (κ3) is 1.62. The molecule has 0 aliphatic heterocycles. The Kier molecular flexibility index (Phi) is 1.89. The first-order valence-corrected chi connectivity index (χ1v) is 3.39. The Morgan fingerprint density at radius 3 is 2.58 bits per heavy atom. The third-order valence-electron chi connectivity index (χ3n) is 1.28. The van der Waals surface area contributed by atoms with Crippen molar-refractivity contribution >= 4 is 5.91 Å². The number of oxazole rings is 1. The highest BCUT2D eigenvalue weighted by Gasteiger charge is 2.23. The van der Waals surface area contributed by atoms with Crippen LogP contribution in [0.1, 0.15) is 30.2 Å². The van der Waals surface area contributed by atoms with Gasteiger partial charge in [-0.2, -0.15) is 0 Å². The lowest BCUT2D eigenvalue weighted by Crippen LogP contribution is -2.17. The molecule has 0 aromatic carbocycles. The van der Waals surface area contributed by atoms with Crippen LogP contribution < -0.4 is 5.73 Å². The summed E-state index contributed by atoms with van der Waals surface area (Å²) in [6, 6.07) is 0. The van der Waals surface area contributed by atoms with Gasteiger partial charge in [-0.25, -0.2) is 4.98 Å². The van der Waals surface area contributed by atoms with Crippen LogP contribution in [0.25, 0.3) is 0 Å². The number of amides is 1. The van der Waals surface area contributed by atoms with Crippen molar-refractivity contribution in [2.45, 2.75) is 19.4 Å². The van der Waals surface area contributed by atoms with Gasteiger partial charge in [0.1, 0.15) is 11.9 Å². The number of primary amides is 1. The molecule has 0 aliphatic carbocycles. The normalized spacial score (nSPS) is 11.6. The van der Waals surface area contributed by atoms with Crippen LogP contribution in [0.2, 0.25) is 0 Å². The molecule has 5 nitrogen and oxygen atoms in total. The summed E-state index contributed by atoms with van der Waals surface area (Å²) in [5.74, 6) is -0.592. The summed E-state index contributed by atoms with van der Waals surface area (Å²) in [5, 5.41) is 9.38. The predicted octanol–water partition coefficient (Wildman–Crippen LogP) is 0.000900. The summed E-state index contributed by atoms with van der Waals surface area (Å²) in [7, 11) is 0. The average molecular weight is 170 g/mol. The summed E-state index contributed by atoms with van der Waals surface area (Å²) >= 11 is 0. The minimum absolute atomic E-state index is 0.0205. The van der Waals surface area contributed by atoms with E-state index in [-0.39, 0.29) is 11.6 Å². The Morgan fingerprint density at radius 2 is 2.33 bits per heavy atom. The SMILES string of the molecule is CC(C)(O)c1nc(C(N)=O)co1. The zero-order valence-electron chi connectivity index (χ0n) is 6.87. The summed E-state index contributed by atoms with van der Waals surface area (Å²) in [6.07, 6.45) is 1.12. The molecule has 0 aliphatic rings. The molecule has 3 N–H and O–H groups in total. The average Bonchev–Trinajstić information content (AvgIpc) is 2.30. The quantitative estimate of drug-likeness (QED) is 0.653. The highest BCUT2D eigenvalue weighted by atomic mass is 16.4. The van der Waals surface area contributed by atoms with Crippen molar-refractivity contribution in [3.63, 3.8) is 0 Å². The van der Waals surface area contributed by atoms with Crippen LogP contribution in [0.3, 0.4) is 0 Å². The van der Waals surface area contributed by atoms with E-state index >= 15 is 0 Å². The van der Waals surface area contributed by atoms with E-state index in [1.807, 2.05) is 0 Å². The van der Waals surface area contributed by atoms with Gasteiger partial charge >= 0.3 is 0 Å². The molecule has 0 spiro atoms. The molecule has 1 rings (SSSR count). The van der Waals surface area contributed by atoms with E-state index in [1.165, 1.54) is 13.8 Å². The molecule has 1 aromatic heterocycles. The molecular formula is C7H10N2O3. The van der Waals surface area contributed by atoms with E-state index in [9.17, 15) is 9.90 Å². The van der Waals surface area contributed by atoms with Crippen LogP contribution in [-0.4, -0.2) is 16.0 Å². The van der Waals surface area contributed by atoms with Crippen LogP contribution >= 0.6 is 0 Å². The van der Waals surface area contributed by atoms with Gasteiger partial charge in [-0.1, -0.05) is 0 Å². The van der Waals surface area contributed by atoms with Crippen molar-refractivity contribution in [1.82, 2.24) is 4.98 Å². The van der Waals surface area contributed by atoms with E-state index < -0.39 is 11.5 Å². The van der Waals surface area contributed by atoms with Crippen molar-refractivity contribution in [3.8, 4) is 0 Å². The Hall–Kier alpha value is -1.36. The molecule has 5 heteroatoms. The first-order valence-electron chi connectivity index (χ1n) is 3.39. The lowest BCUT2D eigenvalue weighted by molar-refractivity contribution is 0.0483. The molecule has 12 heavy (non-hydrogen) atoms. The molecule has 0 radical (unpaired) electrons. The van der Waals surface area contributed by atoms with Crippen molar-refractivity contribution in [3.05, 3.63) is 17.8 Å². The number of rotatable bonds is 2. The van der Waals surface area contributed by atoms with E-state index in [2.05, 4.69) is 4.98 Å². The van der Waals surface area contributed by atoms with E-state index in [1.54, 1.807) is 0 Å². The van der Waals surface area contributed by atoms with Gasteiger partial charge in [0.15, 0.2) is 5.69 Å². The van der Waals surface area contributed by atoms with Crippen LogP contribution in [0.4, 0.5) is 0 Å². The lowest BCUT2D eigenvalue weighted by atomic mass is 10.1. The topological polar surface area (TPSA) is 89.4 Å². The molecule has 66 valence electrons. The maximum Gasteiger partial charge on any atom is 0.270 e. The Labute approximate surface area is 69.2 Å². The van der Waals surface area contributed by atoms with Crippen molar-refractivity contribution in [2.24, 2.45) is 5.73 Å².